The van der Waals surface area contributed by atoms with Gasteiger partial charge in [0.1, 0.15) is 16.8 Å². The second-order valence-corrected chi connectivity index (χ2v) is 8.22. The highest BCUT2D eigenvalue weighted by Gasteiger charge is 2.37. The lowest BCUT2D eigenvalue weighted by atomic mass is 10.0. The summed E-state index contributed by atoms with van der Waals surface area (Å²) in [6, 6.07) is 12.9. The fourth-order valence-electron chi connectivity index (χ4n) is 3.20. The number of aryl methyl sites for hydroxylation is 2. The topological polar surface area (TPSA) is 81.1 Å². The van der Waals surface area contributed by atoms with Crippen LogP contribution in [-0.4, -0.2) is 33.1 Å². The third-order valence-corrected chi connectivity index (χ3v) is 6.31. The summed E-state index contributed by atoms with van der Waals surface area (Å²) in [5.74, 6) is 1.18. The van der Waals surface area contributed by atoms with Crippen LogP contribution in [0.2, 0.25) is 5.02 Å². The number of hydrogen-bond donors (Lipinski definition) is 2. The molecule has 1 amide bonds. The number of anilines is 1. The Bertz CT molecular complexity index is 1070. The summed E-state index contributed by atoms with van der Waals surface area (Å²) in [4.78, 5) is 13.2. The number of rotatable bonds is 4. The zero-order valence-electron chi connectivity index (χ0n) is 16.1. The van der Waals surface area contributed by atoms with Crippen LogP contribution in [0.1, 0.15) is 23.0 Å². The lowest BCUT2D eigenvalue weighted by Crippen LogP contribution is -2.41. The number of hydrogen-bond acceptors (Lipinski definition) is 6. The molecule has 1 aliphatic rings. The molecule has 0 fully saturated rings. The number of methoxy groups -OCH3 is 1. The van der Waals surface area contributed by atoms with Gasteiger partial charge in [0.05, 0.1) is 18.2 Å². The Kier molecular flexibility index (Phi) is 5.38. The van der Waals surface area contributed by atoms with E-state index in [0.29, 0.717) is 15.9 Å². The number of carbonyl (C=O) groups excluding carboxylic acids is 1. The molecule has 0 saturated carbocycles. The Hall–Kier alpha value is -2.71. The van der Waals surface area contributed by atoms with Crippen molar-refractivity contribution in [3.8, 4) is 5.75 Å². The SMILES string of the molecule is COc1ccc([C@@H]2Nn3c(C)nnc3S[C@@H]2C(=O)Nc2ccccc2C)cc1Cl. The first-order chi connectivity index (χ1) is 14.0. The molecule has 2 N–H and O–H groups in total. The number of thioether (sulfide) groups is 1. The predicted molar refractivity (Wildman–Crippen MR) is 114 cm³/mol. The highest BCUT2D eigenvalue weighted by Crippen LogP contribution is 2.39. The van der Waals surface area contributed by atoms with Gasteiger partial charge in [0.15, 0.2) is 0 Å². The predicted octanol–water partition coefficient (Wildman–Crippen LogP) is 3.95. The molecule has 0 aliphatic carbocycles. The summed E-state index contributed by atoms with van der Waals surface area (Å²) in [5, 5.41) is 12.0. The lowest BCUT2D eigenvalue weighted by Gasteiger charge is -2.33. The van der Waals surface area contributed by atoms with Crippen LogP contribution in [0, 0.1) is 13.8 Å². The molecule has 0 unspecified atom stereocenters. The molecular weight excluding hydrogens is 410 g/mol. The van der Waals surface area contributed by atoms with Gasteiger partial charge in [-0.15, -0.1) is 10.2 Å². The molecule has 1 aliphatic heterocycles. The third-order valence-electron chi connectivity index (χ3n) is 4.79. The lowest BCUT2D eigenvalue weighted by molar-refractivity contribution is -0.116. The van der Waals surface area contributed by atoms with Crippen molar-refractivity contribution in [3.05, 3.63) is 64.4 Å². The van der Waals surface area contributed by atoms with Gasteiger partial charge in [0.2, 0.25) is 11.1 Å². The van der Waals surface area contributed by atoms with Gasteiger partial charge in [-0.25, -0.2) is 4.68 Å². The van der Waals surface area contributed by atoms with E-state index >= 15 is 0 Å². The van der Waals surface area contributed by atoms with E-state index in [1.165, 1.54) is 11.8 Å². The van der Waals surface area contributed by atoms with E-state index < -0.39 is 5.25 Å². The molecule has 9 heteroatoms. The molecule has 0 spiro atoms. The molecule has 0 radical (unpaired) electrons. The van der Waals surface area contributed by atoms with Gasteiger partial charge in [0, 0.05) is 5.69 Å². The first kappa shape index (κ1) is 19.6. The Morgan fingerprint density at radius 3 is 2.76 bits per heavy atom. The van der Waals surface area contributed by atoms with Gasteiger partial charge in [-0.05, 0) is 43.2 Å². The van der Waals surface area contributed by atoms with Crippen LogP contribution in [-0.2, 0) is 4.79 Å². The van der Waals surface area contributed by atoms with E-state index in [-0.39, 0.29) is 11.9 Å². The Morgan fingerprint density at radius 2 is 2.03 bits per heavy atom. The smallest absolute Gasteiger partial charge is 0.240 e. The number of para-hydroxylation sites is 1. The number of fused-ring (bicyclic) bond motifs is 1. The molecular formula is C20H20ClN5O2S. The number of carbonyl (C=O) groups is 1. The van der Waals surface area contributed by atoms with Crippen molar-refractivity contribution in [3.63, 3.8) is 0 Å². The standard InChI is InChI=1S/C20H20ClN5O2S/c1-11-6-4-5-7-15(11)22-19(27)18-17(13-8-9-16(28-3)14(21)10-13)25-26-12(2)23-24-20(26)29-18/h4-10,17-18,25H,1-3H3,(H,22,27)/t17-,18-/m0/s1. The number of aromatic nitrogens is 3. The molecule has 150 valence electrons. The summed E-state index contributed by atoms with van der Waals surface area (Å²) in [6.07, 6.45) is 0. The first-order valence-corrected chi connectivity index (χ1v) is 10.3. The molecule has 1 aromatic heterocycles. The maximum absolute atomic E-state index is 13.2. The van der Waals surface area contributed by atoms with Gasteiger partial charge in [-0.3, -0.25) is 4.79 Å². The Morgan fingerprint density at radius 1 is 1.24 bits per heavy atom. The van der Waals surface area contributed by atoms with Crippen LogP contribution in [0.5, 0.6) is 5.75 Å². The summed E-state index contributed by atoms with van der Waals surface area (Å²) in [5.41, 5.74) is 6.02. The van der Waals surface area contributed by atoms with E-state index in [2.05, 4.69) is 20.9 Å². The molecule has 3 aromatic rings. The van der Waals surface area contributed by atoms with Crippen molar-refractivity contribution in [2.75, 3.05) is 17.9 Å². The van der Waals surface area contributed by atoms with E-state index in [1.807, 2.05) is 50.2 Å². The second-order valence-electron chi connectivity index (χ2n) is 6.71. The normalized spacial score (nSPS) is 17.9. The minimum absolute atomic E-state index is 0.124. The highest BCUT2D eigenvalue weighted by atomic mass is 35.5. The fourth-order valence-corrected chi connectivity index (χ4v) is 4.60. The van der Waals surface area contributed by atoms with Crippen LogP contribution < -0.4 is 15.5 Å². The van der Waals surface area contributed by atoms with Gasteiger partial charge >= 0.3 is 0 Å². The molecule has 0 saturated heterocycles. The maximum Gasteiger partial charge on any atom is 0.240 e. The first-order valence-electron chi connectivity index (χ1n) is 9.03. The summed E-state index contributed by atoms with van der Waals surface area (Å²) < 4.78 is 7.05. The summed E-state index contributed by atoms with van der Waals surface area (Å²) >= 11 is 7.72. The van der Waals surface area contributed by atoms with Gasteiger partial charge in [0.25, 0.3) is 0 Å². The zero-order chi connectivity index (χ0) is 20.5. The van der Waals surface area contributed by atoms with E-state index in [0.717, 1.165) is 22.6 Å². The molecule has 4 rings (SSSR count). The number of amides is 1. The largest absolute Gasteiger partial charge is 0.495 e. The maximum atomic E-state index is 13.2. The minimum Gasteiger partial charge on any atom is -0.495 e. The van der Waals surface area contributed by atoms with Crippen molar-refractivity contribution in [2.45, 2.75) is 30.3 Å². The zero-order valence-corrected chi connectivity index (χ0v) is 17.7. The number of benzene rings is 2. The van der Waals surface area contributed by atoms with Crippen LogP contribution >= 0.6 is 23.4 Å². The van der Waals surface area contributed by atoms with Crippen molar-refractivity contribution in [1.29, 1.82) is 0 Å². The minimum atomic E-state index is -0.477. The summed E-state index contributed by atoms with van der Waals surface area (Å²) in [6.45, 7) is 3.82. The molecule has 0 bridgehead atoms. The average molecular weight is 430 g/mol. The quantitative estimate of drug-likeness (QED) is 0.653. The highest BCUT2D eigenvalue weighted by molar-refractivity contribution is 8.00. The monoisotopic (exact) mass is 429 g/mol. The molecule has 29 heavy (non-hydrogen) atoms. The van der Waals surface area contributed by atoms with E-state index in [4.69, 9.17) is 16.3 Å². The summed E-state index contributed by atoms with van der Waals surface area (Å²) in [7, 11) is 1.57. The van der Waals surface area contributed by atoms with Crippen molar-refractivity contribution < 1.29 is 9.53 Å². The fraction of sp³-hybridized carbons (Fsp3) is 0.250. The molecule has 2 atom stereocenters. The number of nitrogens with one attached hydrogen (secondary N) is 2. The number of nitrogens with zero attached hydrogens (tertiary/aromatic N) is 3. The van der Waals surface area contributed by atoms with Crippen molar-refractivity contribution in [2.24, 2.45) is 0 Å². The Labute approximate surface area is 177 Å². The molecule has 7 nitrogen and oxygen atoms in total. The second kappa shape index (κ2) is 7.96. The molecule has 2 heterocycles. The number of halogens is 1. The van der Waals surface area contributed by atoms with Crippen LogP contribution in [0.15, 0.2) is 47.6 Å². The van der Waals surface area contributed by atoms with Crippen LogP contribution in [0.25, 0.3) is 0 Å². The van der Waals surface area contributed by atoms with E-state index in [1.54, 1.807) is 17.9 Å². The van der Waals surface area contributed by atoms with Crippen LogP contribution in [0.4, 0.5) is 5.69 Å². The van der Waals surface area contributed by atoms with Crippen LogP contribution in [0.3, 0.4) is 0 Å². The molecule has 2 aromatic carbocycles. The van der Waals surface area contributed by atoms with Gasteiger partial charge in [-0.1, -0.05) is 47.6 Å². The third kappa shape index (κ3) is 3.77. The number of ether oxygens (including phenoxy) is 1. The van der Waals surface area contributed by atoms with E-state index in [9.17, 15) is 4.79 Å². The Balaban J connectivity index is 1.70. The average Bonchev–Trinajstić information content (AvgIpc) is 3.08. The van der Waals surface area contributed by atoms with Crippen molar-refractivity contribution in [1.82, 2.24) is 14.9 Å². The van der Waals surface area contributed by atoms with Gasteiger partial charge in [-0.2, -0.15) is 0 Å². The van der Waals surface area contributed by atoms with Crippen molar-refractivity contribution >= 4 is 35.0 Å². The van der Waals surface area contributed by atoms with Gasteiger partial charge < -0.3 is 15.5 Å².